The van der Waals surface area contributed by atoms with Crippen molar-refractivity contribution in [2.75, 3.05) is 33.2 Å². The Morgan fingerprint density at radius 2 is 2.00 bits per heavy atom. The zero-order valence-electron chi connectivity index (χ0n) is 11.6. The van der Waals surface area contributed by atoms with Crippen LogP contribution in [0.4, 0.5) is 0 Å². The summed E-state index contributed by atoms with van der Waals surface area (Å²) in [5.41, 5.74) is 0.659. The van der Waals surface area contributed by atoms with Gasteiger partial charge in [-0.3, -0.25) is 4.90 Å². The Labute approximate surface area is 107 Å². The second kappa shape index (κ2) is 5.53. The minimum atomic E-state index is 0.659. The first-order chi connectivity index (χ1) is 8.19. The Kier molecular flexibility index (Phi) is 4.26. The van der Waals surface area contributed by atoms with E-state index in [9.17, 15) is 0 Å². The molecule has 2 aliphatic rings. The van der Waals surface area contributed by atoms with Crippen molar-refractivity contribution in [3.05, 3.63) is 12.7 Å². The van der Waals surface area contributed by atoms with Gasteiger partial charge in [0.15, 0.2) is 0 Å². The summed E-state index contributed by atoms with van der Waals surface area (Å²) in [6, 6.07) is 0.865. The molecule has 2 fully saturated rings. The van der Waals surface area contributed by atoms with E-state index in [1.807, 2.05) is 0 Å². The van der Waals surface area contributed by atoms with Crippen LogP contribution in [0.3, 0.4) is 0 Å². The summed E-state index contributed by atoms with van der Waals surface area (Å²) in [5.74, 6) is 0. The van der Waals surface area contributed by atoms with Gasteiger partial charge in [0.1, 0.15) is 0 Å². The molecular formula is C15H28N2. The Hall–Kier alpha value is -0.340. The van der Waals surface area contributed by atoms with E-state index in [0.717, 1.165) is 6.04 Å². The van der Waals surface area contributed by atoms with Crippen molar-refractivity contribution in [3.8, 4) is 0 Å². The lowest BCUT2D eigenvalue weighted by molar-refractivity contribution is -0.0833. The van der Waals surface area contributed by atoms with Crippen molar-refractivity contribution in [3.63, 3.8) is 0 Å². The molecule has 0 aromatic heterocycles. The Bertz CT molecular complexity index is 250. The molecule has 98 valence electrons. The molecule has 0 N–H and O–H groups in total. The van der Waals surface area contributed by atoms with Crippen LogP contribution in [-0.2, 0) is 0 Å². The second-order valence-corrected chi connectivity index (χ2v) is 6.21. The van der Waals surface area contributed by atoms with E-state index in [4.69, 9.17) is 0 Å². The molecule has 17 heavy (non-hydrogen) atoms. The molecule has 2 nitrogen and oxygen atoms in total. The largest absolute Gasteiger partial charge is 0.303 e. The summed E-state index contributed by atoms with van der Waals surface area (Å²) < 4.78 is 0. The highest BCUT2D eigenvalue weighted by Crippen LogP contribution is 2.41. The summed E-state index contributed by atoms with van der Waals surface area (Å²) in [5, 5.41) is 0. The highest BCUT2D eigenvalue weighted by molar-refractivity contribution is 5.00. The van der Waals surface area contributed by atoms with Gasteiger partial charge in [-0.2, -0.15) is 0 Å². The van der Waals surface area contributed by atoms with Crippen LogP contribution in [0.15, 0.2) is 12.7 Å². The standard InChI is InChI=1S/C15H28N2/c1-4-6-7-9-15(8-5-2)12-17(13-15)14-10-16(3)11-14/h4,14H,1,5-13H2,2-3H3. The molecule has 0 aliphatic carbocycles. The predicted octanol–water partition coefficient (Wildman–Crippen LogP) is 2.76. The number of hydrogen-bond donors (Lipinski definition) is 0. The maximum absolute atomic E-state index is 3.83. The van der Waals surface area contributed by atoms with Crippen molar-refractivity contribution in [1.82, 2.24) is 9.80 Å². The van der Waals surface area contributed by atoms with Crippen molar-refractivity contribution < 1.29 is 0 Å². The molecule has 2 heterocycles. The van der Waals surface area contributed by atoms with Crippen LogP contribution in [-0.4, -0.2) is 49.1 Å². The number of hydrogen-bond acceptors (Lipinski definition) is 2. The molecule has 0 atom stereocenters. The van der Waals surface area contributed by atoms with E-state index in [1.54, 1.807) is 0 Å². The third-order valence-electron chi connectivity index (χ3n) is 4.53. The number of nitrogens with zero attached hydrogens (tertiary/aromatic N) is 2. The van der Waals surface area contributed by atoms with Crippen molar-refractivity contribution in [2.24, 2.45) is 5.41 Å². The molecular weight excluding hydrogens is 208 g/mol. The lowest BCUT2D eigenvalue weighted by Crippen LogP contribution is -2.67. The number of likely N-dealkylation sites (tertiary alicyclic amines) is 2. The molecule has 2 aliphatic heterocycles. The van der Waals surface area contributed by atoms with E-state index in [1.165, 1.54) is 58.3 Å². The van der Waals surface area contributed by atoms with Crippen LogP contribution in [0.1, 0.15) is 39.0 Å². The first-order valence-corrected chi connectivity index (χ1v) is 7.22. The van der Waals surface area contributed by atoms with Crippen LogP contribution in [0, 0.1) is 5.41 Å². The smallest absolute Gasteiger partial charge is 0.0350 e. The van der Waals surface area contributed by atoms with E-state index in [-0.39, 0.29) is 0 Å². The summed E-state index contributed by atoms with van der Waals surface area (Å²) in [7, 11) is 2.22. The van der Waals surface area contributed by atoms with Gasteiger partial charge >= 0.3 is 0 Å². The number of likely N-dealkylation sites (N-methyl/N-ethyl adjacent to an activating group) is 1. The average molecular weight is 236 g/mol. The summed E-state index contributed by atoms with van der Waals surface area (Å²) in [6.07, 6.45) is 8.76. The Balaban J connectivity index is 1.75. The number of rotatable bonds is 7. The van der Waals surface area contributed by atoms with E-state index >= 15 is 0 Å². The van der Waals surface area contributed by atoms with Gasteiger partial charge in [0.05, 0.1) is 0 Å². The highest BCUT2D eigenvalue weighted by Gasteiger charge is 2.46. The van der Waals surface area contributed by atoms with Crippen molar-refractivity contribution in [1.29, 1.82) is 0 Å². The van der Waals surface area contributed by atoms with Gasteiger partial charge in [0.25, 0.3) is 0 Å². The molecule has 0 aromatic rings. The zero-order chi connectivity index (χ0) is 12.3. The fourth-order valence-corrected chi connectivity index (χ4v) is 3.56. The monoisotopic (exact) mass is 236 g/mol. The number of unbranched alkanes of at least 4 members (excludes halogenated alkanes) is 1. The molecule has 0 radical (unpaired) electrons. The molecule has 0 amide bonds. The van der Waals surface area contributed by atoms with Crippen LogP contribution in [0.25, 0.3) is 0 Å². The first kappa shape index (κ1) is 13.1. The molecule has 2 heteroatoms. The Morgan fingerprint density at radius 1 is 1.29 bits per heavy atom. The topological polar surface area (TPSA) is 6.48 Å². The Morgan fingerprint density at radius 3 is 2.53 bits per heavy atom. The molecule has 0 bridgehead atoms. The first-order valence-electron chi connectivity index (χ1n) is 7.22. The van der Waals surface area contributed by atoms with E-state index in [2.05, 4.69) is 36.4 Å². The van der Waals surface area contributed by atoms with Crippen LogP contribution >= 0.6 is 0 Å². The van der Waals surface area contributed by atoms with Gasteiger partial charge < -0.3 is 4.90 Å². The molecule has 0 saturated carbocycles. The number of allylic oxidation sites excluding steroid dienone is 1. The van der Waals surface area contributed by atoms with Gasteiger partial charge in [-0.05, 0) is 38.1 Å². The van der Waals surface area contributed by atoms with Gasteiger partial charge in [-0.25, -0.2) is 0 Å². The predicted molar refractivity (Wildman–Crippen MR) is 74.2 cm³/mol. The van der Waals surface area contributed by atoms with Gasteiger partial charge in [0, 0.05) is 32.2 Å². The second-order valence-electron chi connectivity index (χ2n) is 6.21. The molecule has 2 rings (SSSR count). The highest BCUT2D eigenvalue weighted by atomic mass is 15.3. The van der Waals surface area contributed by atoms with Crippen molar-refractivity contribution in [2.45, 2.75) is 45.1 Å². The summed E-state index contributed by atoms with van der Waals surface area (Å²) in [4.78, 5) is 5.13. The van der Waals surface area contributed by atoms with Gasteiger partial charge in [-0.1, -0.05) is 19.4 Å². The minimum Gasteiger partial charge on any atom is -0.303 e. The van der Waals surface area contributed by atoms with E-state index in [0.29, 0.717) is 5.41 Å². The maximum Gasteiger partial charge on any atom is 0.0350 e. The van der Waals surface area contributed by atoms with Crippen LogP contribution in [0.5, 0.6) is 0 Å². The maximum atomic E-state index is 3.83. The third kappa shape index (κ3) is 2.92. The summed E-state index contributed by atoms with van der Waals surface area (Å²) in [6.45, 7) is 11.4. The SMILES string of the molecule is C=CCCCC1(CCC)CN(C2CN(C)C2)C1. The van der Waals surface area contributed by atoms with Crippen molar-refractivity contribution >= 4 is 0 Å². The summed E-state index contributed by atoms with van der Waals surface area (Å²) >= 11 is 0. The lowest BCUT2D eigenvalue weighted by Gasteiger charge is -2.57. The fraction of sp³-hybridized carbons (Fsp3) is 0.867. The molecule has 0 unspecified atom stereocenters. The van der Waals surface area contributed by atoms with Crippen LogP contribution < -0.4 is 0 Å². The molecule has 2 saturated heterocycles. The van der Waals surface area contributed by atoms with Gasteiger partial charge in [-0.15, -0.1) is 6.58 Å². The molecule has 0 aromatic carbocycles. The van der Waals surface area contributed by atoms with Crippen LogP contribution in [0.2, 0.25) is 0 Å². The lowest BCUT2D eigenvalue weighted by atomic mass is 9.71. The quantitative estimate of drug-likeness (QED) is 0.495. The fourth-order valence-electron chi connectivity index (χ4n) is 3.56. The third-order valence-corrected chi connectivity index (χ3v) is 4.53. The zero-order valence-corrected chi connectivity index (χ0v) is 11.6. The molecule has 0 spiro atoms. The normalized spacial score (nSPS) is 25.3. The average Bonchev–Trinajstić information content (AvgIpc) is 2.21. The minimum absolute atomic E-state index is 0.659. The van der Waals surface area contributed by atoms with Gasteiger partial charge in [0.2, 0.25) is 0 Å². The van der Waals surface area contributed by atoms with E-state index < -0.39 is 0 Å².